The van der Waals surface area contributed by atoms with Crippen LogP contribution in [0, 0.1) is 5.92 Å². The summed E-state index contributed by atoms with van der Waals surface area (Å²) in [5, 5.41) is 4.42. The summed E-state index contributed by atoms with van der Waals surface area (Å²) < 4.78 is 0. The second-order valence-corrected chi connectivity index (χ2v) is 7.09. The van der Waals surface area contributed by atoms with Gasteiger partial charge in [-0.05, 0) is 43.4 Å². The fraction of sp³-hybridized carbons (Fsp3) is 0.550. The summed E-state index contributed by atoms with van der Waals surface area (Å²) in [5.41, 5.74) is 2.20. The van der Waals surface area contributed by atoms with Crippen molar-refractivity contribution in [2.24, 2.45) is 11.1 Å². The van der Waals surface area contributed by atoms with E-state index in [-0.39, 0.29) is 0 Å². The number of piperazine rings is 1. The Hall–Kier alpha value is -1.81. The Labute approximate surface area is 145 Å². The van der Waals surface area contributed by atoms with Gasteiger partial charge in [0.25, 0.3) is 0 Å². The number of allylic oxidation sites excluding steroid dienone is 1. The van der Waals surface area contributed by atoms with Gasteiger partial charge in [-0.3, -0.25) is 4.90 Å². The number of oxime groups is 1. The van der Waals surface area contributed by atoms with Gasteiger partial charge in [0.1, 0.15) is 0 Å². The van der Waals surface area contributed by atoms with Gasteiger partial charge in [0, 0.05) is 26.2 Å². The van der Waals surface area contributed by atoms with Gasteiger partial charge in [-0.2, -0.15) is 0 Å². The Kier molecular flexibility index (Phi) is 5.91. The second-order valence-electron chi connectivity index (χ2n) is 7.09. The lowest BCUT2D eigenvalue weighted by Crippen LogP contribution is -2.46. The van der Waals surface area contributed by atoms with Crippen LogP contribution in [0.5, 0.6) is 0 Å². The molecule has 0 radical (unpaired) electrons. The van der Waals surface area contributed by atoms with Crippen LogP contribution in [0.1, 0.15) is 38.7 Å². The number of hydrogen-bond donors (Lipinski definition) is 0. The molecule has 1 aromatic rings. The van der Waals surface area contributed by atoms with Gasteiger partial charge >= 0.3 is 0 Å². The van der Waals surface area contributed by atoms with Crippen LogP contribution in [0.2, 0.25) is 0 Å². The molecule has 1 saturated heterocycles. The van der Waals surface area contributed by atoms with E-state index in [4.69, 9.17) is 4.84 Å². The molecule has 0 spiro atoms. The predicted octanol–water partition coefficient (Wildman–Crippen LogP) is 3.71. The first-order chi connectivity index (χ1) is 11.7. The number of benzene rings is 1. The van der Waals surface area contributed by atoms with E-state index in [1.807, 2.05) is 18.2 Å². The van der Waals surface area contributed by atoms with Crippen LogP contribution in [0.25, 0.3) is 0 Å². The Bertz CT molecular complexity index is 572. The van der Waals surface area contributed by atoms with Gasteiger partial charge in [0.05, 0.1) is 5.71 Å². The average molecular weight is 327 g/mol. The Morgan fingerprint density at radius 2 is 1.83 bits per heavy atom. The minimum absolute atomic E-state index is 0.779. The second kappa shape index (κ2) is 8.34. The summed E-state index contributed by atoms with van der Waals surface area (Å²) in [7, 11) is 0. The van der Waals surface area contributed by atoms with Crippen molar-refractivity contribution in [3.63, 3.8) is 0 Å². The van der Waals surface area contributed by atoms with Crippen molar-refractivity contribution in [3.8, 4) is 0 Å². The van der Waals surface area contributed by atoms with Gasteiger partial charge in [-0.1, -0.05) is 49.3 Å². The molecule has 24 heavy (non-hydrogen) atoms. The van der Waals surface area contributed by atoms with Gasteiger partial charge in [0.15, 0.2) is 0 Å². The summed E-state index contributed by atoms with van der Waals surface area (Å²) >= 11 is 0. The predicted molar refractivity (Wildman–Crippen MR) is 98.8 cm³/mol. The molecule has 0 aromatic heterocycles. The summed E-state index contributed by atoms with van der Waals surface area (Å²) in [4.78, 5) is 10.7. The standard InChI is InChI=1S/C20H29N3O/c1-17(2)11-12-22-13-15-23(16-14-22)20-10-6-9-19(21-24-20)18-7-4-3-5-8-18/h3-5,7-8,10,17H,6,9,11-16H2,1-2H3. The Balaban J connectivity index is 1.53. The van der Waals surface area contributed by atoms with Crippen molar-refractivity contribution in [2.75, 3.05) is 32.7 Å². The molecule has 0 atom stereocenters. The van der Waals surface area contributed by atoms with Crippen LogP contribution >= 0.6 is 0 Å². The average Bonchev–Trinajstić information content (AvgIpc) is 2.87. The third-order valence-electron chi connectivity index (χ3n) is 4.76. The maximum absolute atomic E-state index is 5.80. The van der Waals surface area contributed by atoms with Crippen LogP contribution in [-0.4, -0.2) is 48.2 Å². The minimum Gasteiger partial charge on any atom is -0.339 e. The molecule has 0 amide bonds. The van der Waals surface area contributed by atoms with E-state index in [2.05, 4.69) is 47.0 Å². The van der Waals surface area contributed by atoms with Gasteiger partial charge in [-0.25, -0.2) is 0 Å². The van der Waals surface area contributed by atoms with Crippen LogP contribution in [0.15, 0.2) is 47.4 Å². The van der Waals surface area contributed by atoms with E-state index < -0.39 is 0 Å². The van der Waals surface area contributed by atoms with Crippen LogP contribution < -0.4 is 0 Å². The highest BCUT2D eigenvalue weighted by Gasteiger charge is 2.21. The fourth-order valence-corrected chi connectivity index (χ4v) is 3.16. The van der Waals surface area contributed by atoms with E-state index in [1.54, 1.807) is 0 Å². The molecule has 2 aliphatic heterocycles. The van der Waals surface area contributed by atoms with E-state index in [9.17, 15) is 0 Å². The maximum Gasteiger partial charge on any atom is 0.221 e. The van der Waals surface area contributed by atoms with Gasteiger partial charge in [-0.15, -0.1) is 0 Å². The van der Waals surface area contributed by atoms with E-state index >= 15 is 0 Å². The minimum atomic E-state index is 0.779. The zero-order chi connectivity index (χ0) is 16.8. The Morgan fingerprint density at radius 3 is 2.54 bits per heavy atom. The topological polar surface area (TPSA) is 28.1 Å². The van der Waals surface area contributed by atoms with Crippen molar-refractivity contribution in [3.05, 3.63) is 47.9 Å². The highest BCUT2D eigenvalue weighted by Crippen LogP contribution is 2.19. The van der Waals surface area contributed by atoms with Crippen molar-refractivity contribution in [2.45, 2.75) is 33.1 Å². The summed E-state index contributed by atoms with van der Waals surface area (Å²) in [6, 6.07) is 10.3. The first-order valence-corrected chi connectivity index (χ1v) is 9.19. The lowest BCUT2D eigenvalue weighted by Gasteiger charge is -2.36. The largest absolute Gasteiger partial charge is 0.339 e. The third kappa shape index (κ3) is 4.60. The molecule has 0 aliphatic carbocycles. The molecule has 0 bridgehead atoms. The molecule has 2 heterocycles. The zero-order valence-electron chi connectivity index (χ0n) is 14.9. The lowest BCUT2D eigenvalue weighted by molar-refractivity contribution is 0.0724. The maximum atomic E-state index is 5.80. The first kappa shape index (κ1) is 17.0. The van der Waals surface area contributed by atoms with E-state index in [1.165, 1.54) is 13.0 Å². The molecule has 3 rings (SSSR count). The molecule has 2 aliphatic rings. The molecule has 4 nitrogen and oxygen atoms in total. The highest BCUT2D eigenvalue weighted by molar-refractivity contribution is 6.00. The lowest BCUT2D eigenvalue weighted by atomic mass is 10.1. The molecule has 1 fully saturated rings. The number of hydrogen-bond acceptors (Lipinski definition) is 4. The zero-order valence-corrected chi connectivity index (χ0v) is 14.9. The molecule has 0 N–H and O–H groups in total. The van der Waals surface area contributed by atoms with Crippen LogP contribution in [0.3, 0.4) is 0 Å². The van der Waals surface area contributed by atoms with Crippen LogP contribution in [0.4, 0.5) is 0 Å². The van der Waals surface area contributed by atoms with Crippen molar-refractivity contribution >= 4 is 5.71 Å². The SMILES string of the molecule is CC(C)CCN1CCN(C2=CCCC(c3ccccc3)=NO2)CC1. The molecular formula is C20H29N3O. The molecule has 1 aromatic carbocycles. The molecule has 0 saturated carbocycles. The Morgan fingerprint density at radius 1 is 1.08 bits per heavy atom. The summed E-state index contributed by atoms with van der Waals surface area (Å²) in [6.45, 7) is 10.1. The fourth-order valence-electron chi connectivity index (χ4n) is 3.16. The highest BCUT2D eigenvalue weighted by atomic mass is 16.6. The van der Waals surface area contributed by atoms with Crippen molar-refractivity contribution in [1.29, 1.82) is 0 Å². The van der Waals surface area contributed by atoms with Gasteiger partial charge < -0.3 is 9.74 Å². The summed E-state index contributed by atoms with van der Waals surface area (Å²) in [6.07, 6.45) is 5.39. The third-order valence-corrected chi connectivity index (χ3v) is 4.76. The van der Waals surface area contributed by atoms with Crippen LogP contribution in [-0.2, 0) is 4.84 Å². The normalized spacial score (nSPS) is 19.5. The molecular weight excluding hydrogens is 298 g/mol. The van der Waals surface area contributed by atoms with E-state index in [0.717, 1.165) is 62.1 Å². The van der Waals surface area contributed by atoms with E-state index in [0.29, 0.717) is 0 Å². The smallest absolute Gasteiger partial charge is 0.221 e. The van der Waals surface area contributed by atoms with Crippen molar-refractivity contribution < 1.29 is 4.84 Å². The first-order valence-electron chi connectivity index (χ1n) is 9.19. The van der Waals surface area contributed by atoms with Crippen molar-refractivity contribution in [1.82, 2.24) is 9.80 Å². The quantitative estimate of drug-likeness (QED) is 0.825. The monoisotopic (exact) mass is 327 g/mol. The molecule has 130 valence electrons. The number of nitrogens with zero attached hydrogens (tertiary/aromatic N) is 3. The van der Waals surface area contributed by atoms with Gasteiger partial charge in [0.2, 0.25) is 5.88 Å². The molecule has 0 unspecified atom stereocenters. The summed E-state index contributed by atoms with van der Waals surface area (Å²) in [5.74, 6) is 1.71. The number of rotatable bonds is 5. The molecule has 4 heteroatoms.